The summed E-state index contributed by atoms with van der Waals surface area (Å²) in [4.78, 5) is 15.3. The van der Waals surface area contributed by atoms with Crippen LogP contribution < -0.4 is 11.5 Å². The van der Waals surface area contributed by atoms with Gasteiger partial charge in [-0.1, -0.05) is 25.1 Å². The molecule has 6 nitrogen and oxygen atoms in total. The van der Waals surface area contributed by atoms with E-state index in [-0.39, 0.29) is 16.4 Å². The molecule has 0 aliphatic rings. The van der Waals surface area contributed by atoms with Gasteiger partial charge in [0.1, 0.15) is 0 Å². The van der Waals surface area contributed by atoms with E-state index in [9.17, 15) is 13.2 Å². The van der Waals surface area contributed by atoms with Crippen LogP contribution in [0.2, 0.25) is 0 Å². The fourth-order valence-electron chi connectivity index (χ4n) is 1.94. The Labute approximate surface area is 130 Å². The highest BCUT2D eigenvalue weighted by atomic mass is 32.2. The van der Waals surface area contributed by atoms with Crippen LogP contribution in [-0.4, -0.2) is 26.5 Å². The Morgan fingerprint density at radius 2 is 1.95 bits per heavy atom. The highest BCUT2D eigenvalue weighted by molar-refractivity contribution is 7.90. The Balaban J connectivity index is 3.17. The van der Waals surface area contributed by atoms with Crippen LogP contribution in [-0.2, 0) is 16.3 Å². The van der Waals surface area contributed by atoms with Gasteiger partial charge < -0.3 is 11.5 Å². The number of amides is 1. The second kappa shape index (κ2) is 7.74. The Morgan fingerprint density at radius 3 is 2.50 bits per heavy atom. The number of guanidine groups is 1. The SMILES string of the molecule is CC/C=C/CCc1ccc(C(=O)N=C(N)N)cc1S(C)(=O)=O. The first kappa shape index (κ1) is 17.9. The van der Waals surface area contributed by atoms with Crippen molar-refractivity contribution in [2.75, 3.05) is 6.26 Å². The van der Waals surface area contributed by atoms with Crippen LogP contribution in [0.4, 0.5) is 0 Å². The van der Waals surface area contributed by atoms with E-state index in [4.69, 9.17) is 11.5 Å². The third-order valence-corrected chi connectivity index (χ3v) is 4.11. The fourth-order valence-corrected chi connectivity index (χ4v) is 2.93. The minimum Gasteiger partial charge on any atom is -0.370 e. The molecule has 0 aliphatic heterocycles. The second-order valence-electron chi connectivity index (χ2n) is 4.85. The Morgan fingerprint density at radius 1 is 1.27 bits per heavy atom. The number of carbonyl (C=O) groups is 1. The van der Waals surface area contributed by atoms with E-state index in [2.05, 4.69) is 4.99 Å². The summed E-state index contributed by atoms with van der Waals surface area (Å²) in [5, 5.41) is 0. The van der Waals surface area contributed by atoms with Crippen LogP contribution in [0.3, 0.4) is 0 Å². The van der Waals surface area contributed by atoms with Crippen LogP contribution in [0.5, 0.6) is 0 Å². The number of nitrogens with zero attached hydrogens (tertiary/aromatic N) is 1. The van der Waals surface area contributed by atoms with Gasteiger partial charge in [0, 0.05) is 11.8 Å². The molecule has 4 N–H and O–H groups in total. The minimum absolute atomic E-state index is 0.133. The van der Waals surface area contributed by atoms with Crippen LogP contribution >= 0.6 is 0 Å². The Kier molecular flexibility index (Phi) is 6.30. The summed E-state index contributed by atoms with van der Waals surface area (Å²) < 4.78 is 23.9. The zero-order valence-corrected chi connectivity index (χ0v) is 13.6. The van der Waals surface area contributed by atoms with Gasteiger partial charge in [-0.2, -0.15) is 4.99 Å². The maximum absolute atomic E-state index is 11.9. The van der Waals surface area contributed by atoms with Gasteiger partial charge in [-0.3, -0.25) is 4.79 Å². The quantitative estimate of drug-likeness (QED) is 0.466. The number of hydrogen-bond acceptors (Lipinski definition) is 3. The van der Waals surface area contributed by atoms with Crippen molar-refractivity contribution in [1.82, 2.24) is 0 Å². The van der Waals surface area contributed by atoms with E-state index >= 15 is 0 Å². The standard InChI is InChI=1S/C15H21N3O3S/c1-3-4-5-6-7-11-8-9-12(14(19)18-15(16)17)10-13(11)22(2,20)21/h4-5,8-10H,3,6-7H2,1-2H3,(H4,16,17,18,19)/b5-4+. The first-order chi connectivity index (χ1) is 10.3. The van der Waals surface area contributed by atoms with Crippen molar-refractivity contribution in [1.29, 1.82) is 0 Å². The van der Waals surface area contributed by atoms with Crippen molar-refractivity contribution in [2.24, 2.45) is 16.5 Å². The number of nitrogens with two attached hydrogens (primary N) is 2. The van der Waals surface area contributed by atoms with Crippen molar-refractivity contribution in [3.05, 3.63) is 41.5 Å². The van der Waals surface area contributed by atoms with Crippen LogP contribution in [0.15, 0.2) is 40.2 Å². The molecule has 7 heteroatoms. The number of aliphatic imine (C=N–C) groups is 1. The third-order valence-electron chi connectivity index (χ3n) is 2.93. The van der Waals surface area contributed by atoms with Crippen LogP contribution in [0.25, 0.3) is 0 Å². The van der Waals surface area contributed by atoms with Gasteiger partial charge in [-0.15, -0.1) is 0 Å². The number of allylic oxidation sites excluding steroid dienone is 2. The van der Waals surface area contributed by atoms with Crippen molar-refractivity contribution < 1.29 is 13.2 Å². The molecule has 1 aromatic carbocycles. The lowest BCUT2D eigenvalue weighted by molar-refractivity contribution is 0.100. The van der Waals surface area contributed by atoms with Gasteiger partial charge in [0.2, 0.25) is 0 Å². The molecule has 120 valence electrons. The molecule has 0 fully saturated rings. The van der Waals surface area contributed by atoms with Gasteiger partial charge in [0.25, 0.3) is 5.91 Å². The highest BCUT2D eigenvalue weighted by Gasteiger charge is 2.16. The molecule has 1 amide bonds. The van der Waals surface area contributed by atoms with E-state index < -0.39 is 15.7 Å². The first-order valence-corrected chi connectivity index (χ1v) is 8.76. The molecule has 0 unspecified atom stereocenters. The Bertz CT molecular complexity index is 703. The molecule has 22 heavy (non-hydrogen) atoms. The summed E-state index contributed by atoms with van der Waals surface area (Å²) >= 11 is 0. The second-order valence-corrected chi connectivity index (χ2v) is 6.84. The normalized spacial score (nSPS) is 11.5. The van der Waals surface area contributed by atoms with E-state index in [1.54, 1.807) is 6.07 Å². The molecule has 0 saturated heterocycles. The molecule has 0 aliphatic carbocycles. The molecular weight excluding hydrogens is 302 g/mol. The maximum Gasteiger partial charge on any atom is 0.280 e. The van der Waals surface area contributed by atoms with Crippen molar-refractivity contribution in [3.63, 3.8) is 0 Å². The molecular formula is C15H21N3O3S. The number of carbonyl (C=O) groups excluding carboxylic acids is 1. The van der Waals surface area contributed by atoms with Gasteiger partial charge in [-0.05, 0) is 37.0 Å². The molecule has 0 spiro atoms. The molecule has 1 aromatic rings. The average molecular weight is 323 g/mol. The zero-order chi connectivity index (χ0) is 16.8. The first-order valence-electron chi connectivity index (χ1n) is 6.87. The lowest BCUT2D eigenvalue weighted by Crippen LogP contribution is -2.24. The molecule has 0 radical (unpaired) electrons. The van der Waals surface area contributed by atoms with Crippen molar-refractivity contribution >= 4 is 21.7 Å². The number of aryl methyl sites for hydroxylation is 1. The monoisotopic (exact) mass is 323 g/mol. The maximum atomic E-state index is 11.9. The van der Waals surface area contributed by atoms with Crippen LogP contribution in [0, 0.1) is 0 Å². The zero-order valence-electron chi connectivity index (χ0n) is 12.7. The summed E-state index contributed by atoms with van der Waals surface area (Å²) in [5.74, 6) is -1.03. The summed E-state index contributed by atoms with van der Waals surface area (Å²) in [5.41, 5.74) is 11.1. The summed E-state index contributed by atoms with van der Waals surface area (Å²) in [6, 6.07) is 4.48. The summed E-state index contributed by atoms with van der Waals surface area (Å²) in [7, 11) is -3.45. The van der Waals surface area contributed by atoms with Crippen molar-refractivity contribution in [3.8, 4) is 0 Å². The van der Waals surface area contributed by atoms with E-state index in [1.807, 2.05) is 19.1 Å². The van der Waals surface area contributed by atoms with Gasteiger partial charge in [0.15, 0.2) is 15.8 Å². The number of hydrogen-bond donors (Lipinski definition) is 2. The van der Waals surface area contributed by atoms with Crippen LogP contribution in [0.1, 0.15) is 35.7 Å². The number of sulfone groups is 1. The number of rotatable bonds is 6. The average Bonchev–Trinajstić information content (AvgIpc) is 2.42. The minimum atomic E-state index is -3.45. The molecule has 0 saturated carbocycles. The van der Waals surface area contributed by atoms with E-state index in [1.165, 1.54) is 12.1 Å². The molecule has 0 aromatic heterocycles. The molecule has 0 bridgehead atoms. The lowest BCUT2D eigenvalue weighted by atomic mass is 10.1. The van der Waals surface area contributed by atoms with Gasteiger partial charge in [-0.25, -0.2) is 8.42 Å². The third kappa shape index (κ3) is 5.33. The highest BCUT2D eigenvalue weighted by Crippen LogP contribution is 2.20. The predicted octanol–water partition coefficient (Wildman–Crippen LogP) is 1.40. The van der Waals surface area contributed by atoms with Gasteiger partial charge in [0.05, 0.1) is 4.90 Å². The summed E-state index contributed by atoms with van der Waals surface area (Å²) in [6.07, 6.45) is 7.39. The topological polar surface area (TPSA) is 116 Å². The Hall–Kier alpha value is -2.15. The molecule has 1 rings (SSSR count). The largest absolute Gasteiger partial charge is 0.370 e. The van der Waals surface area contributed by atoms with E-state index in [0.29, 0.717) is 12.0 Å². The lowest BCUT2D eigenvalue weighted by Gasteiger charge is -2.08. The predicted molar refractivity (Wildman–Crippen MR) is 87.4 cm³/mol. The number of benzene rings is 1. The van der Waals surface area contributed by atoms with Gasteiger partial charge >= 0.3 is 0 Å². The summed E-state index contributed by atoms with van der Waals surface area (Å²) in [6.45, 7) is 2.03. The fraction of sp³-hybridized carbons (Fsp3) is 0.333. The smallest absolute Gasteiger partial charge is 0.280 e. The molecule has 0 heterocycles. The van der Waals surface area contributed by atoms with E-state index in [0.717, 1.165) is 19.1 Å². The molecule has 0 atom stereocenters. The van der Waals surface area contributed by atoms with Crippen molar-refractivity contribution in [2.45, 2.75) is 31.1 Å².